The summed E-state index contributed by atoms with van der Waals surface area (Å²) in [5, 5.41) is 0. The largest absolute Gasteiger partial charge is 0.377 e. The lowest BCUT2D eigenvalue weighted by Gasteiger charge is -2.20. The van der Waals surface area contributed by atoms with Gasteiger partial charge in [0.1, 0.15) is 6.10 Å². The van der Waals surface area contributed by atoms with Crippen molar-refractivity contribution in [3.8, 4) is 0 Å². The number of ether oxygens (including phenoxy) is 5. The van der Waals surface area contributed by atoms with Crippen LogP contribution in [0, 0.1) is 0 Å². The van der Waals surface area contributed by atoms with E-state index in [0.29, 0.717) is 52.9 Å². The Kier molecular flexibility index (Phi) is 8.56. The molecule has 1 unspecified atom stereocenters. The number of hydrogen-bond acceptors (Lipinski definition) is 5. The lowest BCUT2D eigenvalue weighted by Crippen LogP contribution is -2.30. The maximum absolute atomic E-state index is 5.65. The van der Waals surface area contributed by atoms with Gasteiger partial charge in [-0.05, 0) is 13.8 Å². The van der Waals surface area contributed by atoms with Crippen molar-refractivity contribution in [2.24, 2.45) is 0 Å². The van der Waals surface area contributed by atoms with Gasteiger partial charge in [-0.3, -0.25) is 0 Å². The van der Waals surface area contributed by atoms with Crippen molar-refractivity contribution >= 4 is 0 Å². The molecule has 0 spiro atoms. The summed E-state index contributed by atoms with van der Waals surface area (Å²) in [4.78, 5) is 0. The second-order valence-corrected chi connectivity index (χ2v) is 4.17. The van der Waals surface area contributed by atoms with E-state index in [1.807, 2.05) is 13.8 Å². The van der Waals surface area contributed by atoms with E-state index in [4.69, 9.17) is 23.7 Å². The van der Waals surface area contributed by atoms with Gasteiger partial charge in [0.2, 0.25) is 0 Å². The molecule has 0 aromatic rings. The third-order valence-electron chi connectivity index (χ3n) is 2.24. The van der Waals surface area contributed by atoms with Gasteiger partial charge in [0.15, 0.2) is 0 Å². The zero-order valence-corrected chi connectivity index (χ0v) is 10.9. The van der Waals surface area contributed by atoms with Gasteiger partial charge >= 0.3 is 0 Å². The molecule has 0 radical (unpaired) electrons. The van der Waals surface area contributed by atoms with E-state index in [1.54, 1.807) is 0 Å². The smallest absolute Gasteiger partial charge is 0.104 e. The lowest BCUT2D eigenvalue weighted by atomic mass is 10.4. The molecule has 1 saturated heterocycles. The molecular formula is C12H24O5. The van der Waals surface area contributed by atoms with E-state index < -0.39 is 0 Å². The highest BCUT2D eigenvalue weighted by molar-refractivity contribution is 4.57. The zero-order chi connectivity index (χ0) is 12.3. The summed E-state index contributed by atoms with van der Waals surface area (Å²) >= 11 is 0. The van der Waals surface area contributed by atoms with Crippen molar-refractivity contribution in [3.63, 3.8) is 0 Å². The van der Waals surface area contributed by atoms with E-state index in [-0.39, 0.29) is 12.2 Å². The fraction of sp³-hybridized carbons (Fsp3) is 1.00. The van der Waals surface area contributed by atoms with E-state index in [1.165, 1.54) is 0 Å². The van der Waals surface area contributed by atoms with Crippen LogP contribution in [-0.2, 0) is 23.7 Å². The van der Waals surface area contributed by atoms with Crippen LogP contribution in [0.5, 0.6) is 0 Å². The topological polar surface area (TPSA) is 46.2 Å². The van der Waals surface area contributed by atoms with Gasteiger partial charge in [-0.15, -0.1) is 0 Å². The van der Waals surface area contributed by atoms with E-state index in [0.717, 1.165) is 0 Å². The van der Waals surface area contributed by atoms with Crippen LogP contribution in [0.15, 0.2) is 0 Å². The van der Waals surface area contributed by atoms with Gasteiger partial charge in [0, 0.05) is 0 Å². The second-order valence-electron chi connectivity index (χ2n) is 4.17. The Morgan fingerprint density at radius 3 is 2.18 bits per heavy atom. The fourth-order valence-electron chi connectivity index (χ4n) is 1.37. The van der Waals surface area contributed by atoms with Crippen LogP contribution < -0.4 is 0 Å². The minimum atomic E-state index is -0.0274. The fourth-order valence-corrected chi connectivity index (χ4v) is 1.37. The highest BCUT2D eigenvalue weighted by Gasteiger charge is 2.11. The zero-order valence-electron chi connectivity index (χ0n) is 10.9. The van der Waals surface area contributed by atoms with Crippen molar-refractivity contribution in [2.45, 2.75) is 26.1 Å². The van der Waals surface area contributed by atoms with Crippen LogP contribution in [0.25, 0.3) is 0 Å². The minimum Gasteiger partial charge on any atom is -0.377 e. The third kappa shape index (κ3) is 8.51. The van der Waals surface area contributed by atoms with Crippen molar-refractivity contribution in [3.05, 3.63) is 0 Å². The van der Waals surface area contributed by atoms with Crippen molar-refractivity contribution in [2.75, 3.05) is 52.9 Å². The normalized spacial score (nSPS) is 25.2. The minimum absolute atomic E-state index is 0.0274. The first-order valence-corrected chi connectivity index (χ1v) is 6.25. The predicted octanol–water partition coefficient (Wildman–Crippen LogP) is 0.860. The molecule has 1 fully saturated rings. The molecule has 1 rings (SSSR count). The molecule has 1 atom stereocenters. The van der Waals surface area contributed by atoms with Crippen LogP contribution in [0.1, 0.15) is 13.8 Å². The highest BCUT2D eigenvalue weighted by Crippen LogP contribution is 1.99. The van der Waals surface area contributed by atoms with Gasteiger partial charge in [0.05, 0.1) is 59.0 Å². The summed E-state index contributed by atoms with van der Waals surface area (Å²) in [7, 11) is 0. The predicted molar refractivity (Wildman–Crippen MR) is 63.3 cm³/mol. The first-order valence-electron chi connectivity index (χ1n) is 6.25. The molecule has 0 aromatic heterocycles. The maximum atomic E-state index is 5.65. The summed E-state index contributed by atoms with van der Waals surface area (Å²) in [6.45, 7) is 8.66. The lowest BCUT2D eigenvalue weighted by molar-refractivity contribution is -0.0969. The van der Waals surface area contributed by atoms with Crippen molar-refractivity contribution in [1.82, 2.24) is 0 Å². The quantitative estimate of drug-likeness (QED) is 0.741. The molecule has 0 amide bonds. The van der Waals surface area contributed by atoms with Gasteiger partial charge in [-0.25, -0.2) is 0 Å². The van der Waals surface area contributed by atoms with Crippen LogP contribution >= 0.6 is 0 Å². The molecule has 5 nitrogen and oxygen atoms in total. The maximum Gasteiger partial charge on any atom is 0.104 e. The molecule has 102 valence electrons. The summed E-state index contributed by atoms with van der Waals surface area (Å²) in [6.07, 6.45) is 0.181. The molecule has 0 saturated carbocycles. The first-order chi connectivity index (χ1) is 8.29. The summed E-state index contributed by atoms with van der Waals surface area (Å²) in [6, 6.07) is 0. The molecule has 0 bridgehead atoms. The highest BCUT2D eigenvalue weighted by atomic mass is 16.6. The summed E-state index contributed by atoms with van der Waals surface area (Å²) < 4.78 is 27.3. The Balaban J connectivity index is 2.22. The number of rotatable bonds is 3. The van der Waals surface area contributed by atoms with Crippen LogP contribution in [-0.4, -0.2) is 65.1 Å². The van der Waals surface area contributed by atoms with Crippen molar-refractivity contribution < 1.29 is 23.7 Å². The molecule has 0 aromatic carbocycles. The number of hydrogen-bond donors (Lipinski definition) is 0. The molecule has 1 aliphatic rings. The molecule has 1 heterocycles. The van der Waals surface area contributed by atoms with E-state index in [9.17, 15) is 0 Å². The first kappa shape index (κ1) is 14.9. The van der Waals surface area contributed by atoms with Crippen LogP contribution in [0.4, 0.5) is 0 Å². The molecule has 17 heavy (non-hydrogen) atoms. The SMILES string of the molecule is CC(C)OCC1COCCOCCOCCO1. The Morgan fingerprint density at radius 2 is 1.53 bits per heavy atom. The standard InChI is InChI=1S/C12H24O5/c1-11(2)17-10-12-9-15-6-5-13-3-4-14-7-8-16-12/h11-12H,3-10H2,1-2H3. The average Bonchev–Trinajstić information content (AvgIpc) is 2.28. The second kappa shape index (κ2) is 9.79. The molecule has 0 N–H and O–H groups in total. The summed E-state index contributed by atoms with van der Waals surface area (Å²) in [5.41, 5.74) is 0. The molecule has 5 heteroatoms. The Labute approximate surface area is 103 Å². The van der Waals surface area contributed by atoms with Crippen LogP contribution in [0.3, 0.4) is 0 Å². The summed E-state index contributed by atoms with van der Waals surface area (Å²) in [5.74, 6) is 0. The van der Waals surface area contributed by atoms with Crippen LogP contribution in [0.2, 0.25) is 0 Å². The van der Waals surface area contributed by atoms with Crippen molar-refractivity contribution in [1.29, 1.82) is 0 Å². The Hall–Kier alpha value is -0.200. The Bertz CT molecular complexity index is 162. The average molecular weight is 248 g/mol. The van der Waals surface area contributed by atoms with E-state index >= 15 is 0 Å². The monoisotopic (exact) mass is 248 g/mol. The van der Waals surface area contributed by atoms with Gasteiger partial charge in [0.25, 0.3) is 0 Å². The third-order valence-corrected chi connectivity index (χ3v) is 2.24. The molecular weight excluding hydrogens is 224 g/mol. The molecule has 1 aliphatic heterocycles. The van der Waals surface area contributed by atoms with Gasteiger partial charge < -0.3 is 23.7 Å². The Morgan fingerprint density at radius 1 is 0.941 bits per heavy atom. The van der Waals surface area contributed by atoms with E-state index in [2.05, 4.69) is 0 Å². The van der Waals surface area contributed by atoms with Gasteiger partial charge in [-0.2, -0.15) is 0 Å². The van der Waals surface area contributed by atoms with Gasteiger partial charge in [-0.1, -0.05) is 0 Å². The molecule has 0 aliphatic carbocycles.